The maximum Gasteiger partial charge on any atom is 0.488 e. The number of hydrogen-bond acceptors (Lipinski definition) is 19. The van der Waals surface area contributed by atoms with E-state index >= 15 is 0 Å². The van der Waals surface area contributed by atoms with Crippen molar-refractivity contribution in [3.63, 3.8) is 0 Å². The molecule has 3 saturated heterocycles. The fraction of sp³-hybridized carbons (Fsp3) is 0.547. The van der Waals surface area contributed by atoms with Gasteiger partial charge in [0.2, 0.25) is 17.7 Å². The number of carbonyl (C=O) groups is 8. The Balaban J connectivity index is 1.05. The Bertz CT molecular complexity index is 2960. The lowest BCUT2D eigenvalue weighted by Gasteiger charge is -2.37. The number of carboxylic acid groups (broad SMARTS) is 3. The molecule has 1 aromatic heterocycles. The van der Waals surface area contributed by atoms with E-state index in [9.17, 15) is 80.0 Å². The average molecular weight is 1200 g/mol. The van der Waals surface area contributed by atoms with Crippen LogP contribution in [0.1, 0.15) is 52.8 Å². The molecule has 0 bridgehead atoms. The topological polar surface area (TPSA) is 345 Å². The zero-order valence-electron chi connectivity index (χ0n) is 46.0. The number of rotatable bonds is 26. The van der Waals surface area contributed by atoms with Crippen molar-refractivity contribution < 1.29 is 83.7 Å². The number of carboxylic acids is 3. The molecule has 27 nitrogen and oxygen atoms in total. The van der Waals surface area contributed by atoms with Crippen LogP contribution in [0.25, 0.3) is 10.9 Å². The number of likely N-dealkylation sites (tertiary alicyclic amines) is 1. The van der Waals surface area contributed by atoms with E-state index < -0.39 is 95.3 Å². The molecule has 5 amide bonds. The standard InChI is InChI=1S/C53H69F3N12O15S/c54-53(55)29-38(30-57)68(36-53)46(70)31-60-51(78)41-10-12-58-43-9-8-39(28-42(41)43)82-26-4-13-62-22-24-67(25-23-62)52(79)44(7-1-2-11-59-50(77)37-5-3-6-40(27-37)83-84(56,80)81)61-45(69)32-63-14-16-64(33-47(71)72)18-20-66(35-49(75)76)21-19-65(17-15-63)34-48(73)74/h3,5-6,8-10,12,27-28,38,44H,1-2,4,7,11,13-26,29,31-36H2,(H,59,77)(H,60,78)(H,61,69)(H,71,72)(H,73,74)(H,75,76)/t38-,44-/m0/s1. The number of unbranched alkanes of at least 4 members (excludes halogenated alkanes) is 1. The number of pyridine rings is 1. The number of alkyl halides is 2. The molecule has 6 rings (SSSR count). The summed E-state index contributed by atoms with van der Waals surface area (Å²) in [6, 6.07) is 10.7. The highest BCUT2D eigenvalue weighted by molar-refractivity contribution is 7.81. The number of piperazine rings is 1. The molecule has 31 heteroatoms. The van der Waals surface area contributed by atoms with Gasteiger partial charge in [-0.15, -0.1) is 0 Å². The van der Waals surface area contributed by atoms with Crippen LogP contribution in [0.15, 0.2) is 54.7 Å². The number of nitriles is 1. The number of benzene rings is 2. The maximum absolute atomic E-state index is 14.4. The van der Waals surface area contributed by atoms with Gasteiger partial charge in [0.1, 0.15) is 23.6 Å². The molecule has 3 aliphatic heterocycles. The summed E-state index contributed by atoms with van der Waals surface area (Å²) in [4.78, 5) is 118. The van der Waals surface area contributed by atoms with Crippen molar-refractivity contribution in [1.29, 1.82) is 5.26 Å². The minimum Gasteiger partial charge on any atom is -0.494 e. The van der Waals surface area contributed by atoms with Crippen LogP contribution in [0.4, 0.5) is 12.7 Å². The van der Waals surface area contributed by atoms with E-state index in [1.807, 2.05) is 0 Å². The van der Waals surface area contributed by atoms with Gasteiger partial charge in [-0.25, -0.2) is 8.78 Å². The number of fused-ring (bicyclic) bond motifs is 1. The lowest BCUT2D eigenvalue weighted by Crippen LogP contribution is -2.56. The summed E-state index contributed by atoms with van der Waals surface area (Å²) in [5.41, 5.74) is 0.605. The Morgan fingerprint density at radius 2 is 1.32 bits per heavy atom. The van der Waals surface area contributed by atoms with E-state index in [4.69, 9.17) is 4.74 Å². The second kappa shape index (κ2) is 31.2. The third-order valence-corrected chi connectivity index (χ3v) is 14.6. The van der Waals surface area contributed by atoms with E-state index in [1.54, 1.807) is 48.8 Å². The quantitative estimate of drug-likeness (QED) is 0.0447. The summed E-state index contributed by atoms with van der Waals surface area (Å²) < 4.78 is 73.2. The maximum atomic E-state index is 14.4. The molecular weight excluding hydrogens is 1130 g/mol. The Morgan fingerprint density at radius 1 is 0.726 bits per heavy atom. The molecule has 2 atom stereocenters. The number of halogens is 3. The first-order valence-corrected chi connectivity index (χ1v) is 28.5. The predicted molar refractivity (Wildman–Crippen MR) is 292 cm³/mol. The van der Waals surface area contributed by atoms with Gasteiger partial charge in [0.25, 0.3) is 17.7 Å². The molecule has 0 radical (unpaired) electrons. The van der Waals surface area contributed by atoms with E-state index in [0.29, 0.717) is 68.6 Å². The molecule has 458 valence electrons. The number of aliphatic carboxylic acids is 3. The molecule has 4 heterocycles. The summed E-state index contributed by atoms with van der Waals surface area (Å²) in [7, 11) is -5.34. The van der Waals surface area contributed by atoms with Crippen molar-refractivity contribution in [2.24, 2.45) is 0 Å². The van der Waals surface area contributed by atoms with Crippen molar-refractivity contribution in [3.05, 3.63) is 65.9 Å². The molecule has 6 N–H and O–H groups in total. The summed E-state index contributed by atoms with van der Waals surface area (Å²) in [6.07, 6.45) is 1.99. The number of ether oxygens (including phenoxy) is 1. The number of hydrogen-bond donors (Lipinski definition) is 6. The third-order valence-electron chi connectivity index (χ3n) is 14.2. The molecule has 3 aromatic rings. The van der Waals surface area contributed by atoms with Crippen molar-refractivity contribution >= 4 is 68.9 Å². The van der Waals surface area contributed by atoms with E-state index in [2.05, 4.69) is 30.0 Å². The fourth-order valence-corrected chi connectivity index (χ4v) is 10.3. The Labute approximate surface area is 482 Å². The number of nitrogens with zero attached hydrogens (tertiary/aromatic N) is 9. The molecule has 3 fully saturated rings. The summed E-state index contributed by atoms with van der Waals surface area (Å²) in [6.45, 7) is 1.04. The molecule has 2 aromatic carbocycles. The van der Waals surface area contributed by atoms with Crippen LogP contribution in [-0.4, -0.2) is 266 Å². The molecular formula is C53H69F3N12O15S. The van der Waals surface area contributed by atoms with Crippen LogP contribution in [0, 0.1) is 11.3 Å². The first-order valence-electron chi connectivity index (χ1n) is 27.2. The van der Waals surface area contributed by atoms with E-state index in [-0.39, 0.29) is 115 Å². The van der Waals surface area contributed by atoms with Crippen LogP contribution in [0.3, 0.4) is 0 Å². The molecule has 0 saturated carbocycles. The fourth-order valence-electron chi connectivity index (χ4n) is 9.92. The first kappa shape index (κ1) is 65.4. The minimum absolute atomic E-state index is 0.00655. The highest BCUT2D eigenvalue weighted by atomic mass is 32.3. The highest BCUT2D eigenvalue weighted by Gasteiger charge is 2.47. The zero-order valence-corrected chi connectivity index (χ0v) is 46.9. The summed E-state index contributed by atoms with van der Waals surface area (Å²) in [5, 5.41) is 46.5. The Kier molecular flexibility index (Phi) is 24.3. The van der Waals surface area contributed by atoms with Crippen molar-refractivity contribution in [1.82, 2.24) is 55.2 Å². The smallest absolute Gasteiger partial charge is 0.488 e. The second-order valence-electron chi connectivity index (χ2n) is 20.5. The van der Waals surface area contributed by atoms with Gasteiger partial charge in [0.05, 0.1) is 63.0 Å². The van der Waals surface area contributed by atoms with E-state index in [0.717, 1.165) is 17.0 Å². The summed E-state index contributed by atoms with van der Waals surface area (Å²) >= 11 is 0. The monoisotopic (exact) mass is 1200 g/mol. The highest BCUT2D eigenvalue weighted by Crippen LogP contribution is 2.32. The van der Waals surface area contributed by atoms with Gasteiger partial charge in [0, 0.05) is 115 Å². The van der Waals surface area contributed by atoms with Gasteiger partial charge in [0.15, 0.2) is 0 Å². The minimum atomic E-state index is -5.34. The Morgan fingerprint density at radius 3 is 1.90 bits per heavy atom. The lowest BCUT2D eigenvalue weighted by molar-refractivity contribution is -0.140. The lowest BCUT2D eigenvalue weighted by atomic mass is 10.1. The van der Waals surface area contributed by atoms with Gasteiger partial charge in [-0.05, 0) is 68.1 Å². The Hall–Kier alpha value is -7.76. The van der Waals surface area contributed by atoms with Crippen molar-refractivity contribution in [2.75, 3.05) is 138 Å². The number of amides is 5. The third kappa shape index (κ3) is 21.5. The van der Waals surface area contributed by atoms with Crippen LogP contribution < -0.4 is 24.9 Å². The number of aromatic nitrogens is 1. The van der Waals surface area contributed by atoms with Crippen molar-refractivity contribution in [3.8, 4) is 17.6 Å². The average Bonchev–Trinajstić information content (AvgIpc) is 3.24. The molecule has 3 aliphatic rings. The summed E-state index contributed by atoms with van der Waals surface area (Å²) in [5.74, 6) is -9.50. The van der Waals surface area contributed by atoms with Crippen molar-refractivity contribution in [2.45, 2.75) is 50.1 Å². The van der Waals surface area contributed by atoms with Gasteiger partial charge in [-0.2, -0.15) is 13.7 Å². The van der Waals surface area contributed by atoms with E-state index in [1.165, 1.54) is 24.4 Å². The predicted octanol–water partition coefficient (Wildman–Crippen LogP) is -0.209. The molecule has 84 heavy (non-hydrogen) atoms. The van der Waals surface area contributed by atoms with Gasteiger partial charge in [-0.1, -0.05) is 9.95 Å². The van der Waals surface area contributed by atoms with Gasteiger partial charge >= 0.3 is 28.4 Å². The van der Waals surface area contributed by atoms with Gasteiger partial charge in [-0.3, -0.25) is 67.8 Å². The molecule has 0 spiro atoms. The normalized spacial score (nSPS) is 18.3. The second-order valence-corrected chi connectivity index (χ2v) is 21.4. The van der Waals surface area contributed by atoms with Gasteiger partial charge < -0.3 is 50.0 Å². The van der Waals surface area contributed by atoms with Crippen LogP contribution >= 0.6 is 0 Å². The van der Waals surface area contributed by atoms with Crippen LogP contribution in [0.5, 0.6) is 11.5 Å². The SMILES string of the molecule is N#C[C@@H]1CC(F)(F)CN1C(=O)CNC(=O)c1ccnc2ccc(OCCCN3CCN(C(=O)[C@H](CCCCNC(=O)c4cccc(OS(=O)(=O)F)c4)NC(=O)CN4CCN(CC(=O)O)CCN(CC(=O)O)CCN(CC(=O)O)CC4)CC3)cc12. The molecule has 0 aliphatic carbocycles. The number of carbonyl (C=O) groups excluding carboxylic acids is 5. The first-order chi connectivity index (χ1) is 39.9. The number of nitrogens with one attached hydrogen (secondary N) is 3. The van der Waals surface area contributed by atoms with Crippen LogP contribution in [-0.2, 0) is 39.3 Å². The van der Waals surface area contributed by atoms with Crippen LogP contribution in [0.2, 0.25) is 0 Å². The largest absolute Gasteiger partial charge is 0.494 e. The zero-order chi connectivity index (χ0) is 61.0. The molecule has 0 unspecified atom stereocenters.